The van der Waals surface area contributed by atoms with E-state index in [9.17, 15) is 13.2 Å². The zero-order valence-corrected chi connectivity index (χ0v) is 10.5. The van der Waals surface area contributed by atoms with Crippen LogP contribution in [0.2, 0.25) is 0 Å². The second-order valence-electron chi connectivity index (χ2n) is 4.11. The Hall–Kier alpha value is -1.37. The molecule has 0 unspecified atom stereocenters. The van der Waals surface area contributed by atoms with Crippen LogP contribution in [0.3, 0.4) is 0 Å². The molecule has 0 radical (unpaired) electrons. The lowest BCUT2D eigenvalue weighted by molar-refractivity contribution is 0.0648. The molecule has 1 amide bonds. The molecule has 1 fully saturated rings. The Bertz CT molecular complexity index is 528. The monoisotopic (exact) mass is 258 g/mol. The number of rotatable bonds is 3. The molecule has 1 aromatic rings. The van der Waals surface area contributed by atoms with Gasteiger partial charge in [-0.05, 0) is 6.92 Å². The molecule has 0 bridgehead atoms. The molecule has 0 aromatic carbocycles. The molecule has 0 atom stereocenters. The molecule has 1 aliphatic rings. The van der Waals surface area contributed by atoms with Crippen LogP contribution in [0.5, 0.6) is 0 Å². The summed E-state index contributed by atoms with van der Waals surface area (Å²) in [7, 11) is -3.04. The van der Waals surface area contributed by atoms with Gasteiger partial charge in [0.1, 0.15) is 5.76 Å². The van der Waals surface area contributed by atoms with E-state index >= 15 is 0 Å². The van der Waals surface area contributed by atoms with Gasteiger partial charge in [-0.1, -0.05) is 12.1 Å². The van der Waals surface area contributed by atoms with Crippen molar-refractivity contribution in [2.75, 3.05) is 18.8 Å². The lowest BCUT2D eigenvalue weighted by atomic mass is 10.2. The van der Waals surface area contributed by atoms with Crippen LogP contribution in [0.15, 0.2) is 10.6 Å². The Morgan fingerprint density at radius 2 is 2.24 bits per heavy atom. The van der Waals surface area contributed by atoms with Gasteiger partial charge in [0.25, 0.3) is 5.91 Å². The van der Waals surface area contributed by atoms with E-state index in [0.717, 1.165) is 0 Å². The van der Waals surface area contributed by atoms with E-state index in [-0.39, 0.29) is 30.4 Å². The maximum absolute atomic E-state index is 11.8. The molecule has 94 valence electrons. The van der Waals surface area contributed by atoms with E-state index in [1.807, 2.05) is 0 Å². The standard InChI is InChI=1S/C10H14N2O4S/c1-3-17(14,15)8-5-12(6-8)10(13)9-4-7(2)16-11-9/h4,8H,3,5-6H2,1-2H3. The van der Waals surface area contributed by atoms with Crippen LogP contribution in [0.4, 0.5) is 0 Å². The van der Waals surface area contributed by atoms with Gasteiger partial charge in [-0.15, -0.1) is 0 Å². The van der Waals surface area contributed by atoms with Gasteiger partial charge in [0.05, 0.1) is 5.25 Å². The highest BCUT2D eigenvalue weighted by molar-refractivity contribution is 7.92. The van der Waals surface area contributed by atoms with Crippen LogP contribution in [0.1, 0.15) is 23.2 Å². The molecule has 1 aromatic heterocycles. The first-order valence-corrected chi connectivity index (χ1v) is 7.09. The minimum atomic E-state index is -3.04. The summed E-state index contributed by atoms with van der Waals surface area (Å²) >= 11 is 0. The predicted octanol–water partition coefficient (Wildman–Crippen LogP) is 0.242. The molecule has 7 heteroatoms. The van der Waals surface area contributed by atoms with Gasteiger partial charge in [0.15, 0.2) is 15.5 Å². The molecular formula is C10H14N2O4S. The Kier molecular flexibility index (Phi) is 2.94. The van der Waals surface area contributed by atoms with Gasteiger partial charge in [0, 0.05) is 24.9 Å². The summed E-state index contributed by atoms with van der Waals surface area (Å²) < 4.78 is 27.8. The number of carbonyl (C=O) groups is 1. The molecular weight excluding hydrogens is 244 g/mol. The summed E-state index contributed by atoms with van der Waals surface area (Å²) in [6, 6.07) is 1.55. The fourth-order valence-electron chi connectivity index (χ4n) is 1.70. The smallest absolute Gasteiger partial charge is 0.276 e. The number of aryl methyl sites for hydroxylation is 1. The second-order valence-corrected chi connectivity index (χ2v) is 6.68. The summed E-state index contributed by atoms with van der Waals surface area (Å²) in [5.74, 6) is 0.402. The third-order valence-electron chi connectivity index (χ3n) is 2.89. The molecule has 0 saturated carbocycles. The van der Waals surface area contributed by atoms with E-state index in [1.54, 1.807) is 19.9 Å². The summed E-state index contributed by atoms with van der Waals surface area (Å²) in [5, 5.41) is 3.18. The van der Waals surface area contributed by atoms with E-state index in [1.165, 1.54) is 4.90 Å². The van der Waals surface area contributed by atoms with Gasteiger partial charge >= 0.3 is 0 Å². The number of hydrogen-bond donors (Lipinski definition) is 0. The van der Waals surface area contributed by atoms with Crippen LogP contribution in [-0.2, 0) is 9.84 Å². The molecule has 0 aliphatic carbocycles. The number of carbonyl (C=O) groups excluding carboxylic acids is 1. The first-order valence-electron chi connectivity index (χ1n) is 5.38. The van der Waals surface area contributed by atoms with E-state index < -0.39 is 15.1 Å². The number of sulfone groups is 1. The molecule has 17 heavy (non-hydrogen) atoms. The quantitative estimate of drug-likeness (QED) is 0.776. The van der Waals surface area contributed by atoms with E-state index in [4.69, 9.17) is 4.52 Å². The van der Waals surface area contributed by atoms with Crippen molar-refractivity contribution < 1.29 is 17.7 Å². The maximum atomic E-state index is 11.8. The Labute approximate surface area is 99.5 Å². The van der Waals surface area contributed by atoms with Crippen molar-refractivity contribution in [2.24, 2.45) is 0 Å². The first-order chi connectivity index (χ1) is 7.94. The molecule has 0 spiro atoms. The number of nitrogens with zero attached hydrogens (tertiary/aromatic N) is 2. The number of amides is 1. The SMILES string of the molecule is CCS(=O)(=O)C1CN(C(=O)c2cc(C)on2)C1. The fraction of sp³-hybridized carbons (Fsp3) is 0.600. The Morgan fingerprint density at radius 1 is 1.59 bits per heavy atom. The van der Waals surface area contributed by atoms with Crippen molar-refractivity contribution in [1.82, 2.24) is 10.1 Å². The summed E-state index contributed by atoms with van der Waals surface area (Å²) in [6.07, 6.45) is 0. The zero-order chi connectivity index (χ0) is 12.6. The predicted molar refractivity (Wildman–Crippen MR) is 60.4 cm³/mol. The Morgan fingerprint density at radius 3 is 2.71 bits per heavy atom. The first kappa shape index (κ1) is 12.1. The maximum Gasteiger partial charge on any atom is 0.276 e. The van der Waals surface area contributed by atoms with Gasteiger partial charge in [-0.3, -0.25) is 4.79 Å². The van der Waals surface area contributed by atoms with Crippen molar-refractivity contribution in [3.05, 3.63) is 17.5 Å². The molecule has 0 N–H and O–H groups in total. The van der Waals surface area contributed by atoms with Crippen LogP contribution in [0.25, 0.3) is 0 Å². The van der Waals surface area contributed by atoms with Crippen LogP contribution in [0, 0.1) is 6.92 Å². The zero-order valence-electron chi connectivity index (χ0n) is 9.71. The highest BCUT2D eigenvalue weighted by atomic mass is 32.2. The lowest BCUT2D eigenvalue weighted by Gasteiger charge is -2.37. The average Bonchev–Trinajstić information content (AvgIpc) is 2.62. The van der Waals surface area contributed by atoms with E-state index in [2.05, 4.69) is 5.16 Å². The van der Waals surface area contributed by atoms with Crippen LogP contribution >= 0.6 is 0 Å². The van der Waals surface area contributed by atoms with Gasteiger partial charge in [-0.2, -0.15) is 0 Å². The lowest BCUT2D eigenvalue weighted by Crippen LogP contribution is -2.57. The summed E-state index contributed by atoms with van der Waals surface area (Å²) in [5.41, 5.74) is 0.231. The summed E-state index contributed by atoms with van der Waals surface area (Å²) in [4.78, 5) is 13.3. The van der Waals surface area contributed by atoms with Crippen molar-refractivity contribution >= 4 is 15.7 Å². The molecule has 1 aliphatic heterocycles. The van der Waals surface area contributed by atoms with Crippen molar-refractivity contribution in [1.29, 1.82) is 0 Å². The molecule has 1 saturated heterocycles. The minimum absolute atomic E-state index is 0.114. The number of hydrogen-bond acceptors (Lipinski definition) is 5. The third kappa shape index (κ3) is 2.19. The fourth-order valence-corrected chi connectivity index (χ4v) is 2.98. The van der Waals surface area contributed by atoms with Gasteiger partial charge in [-0.25, -0.2) is 8.42 Å². The third-order valence-corrected chi connectivity index (χ3v) is 5.01. The minimum Gasteiger partial charge on any atom is -0.361 e. The van der Waals surface area contributed by atoms with E-state index in [0.29, 0.717) is 5.76 Å². The van der Waals surface area contributed by atoms with Crippen molar-refractivity contribution in [3.63, 3.8) is 0 Å². The molecule has 6 nitrogen and oxygen atoms in total. The molecule has 2 rings (SSSR count). The Balaban J connectivity index is 1.99. The number of likely N-dealkylation sites (tertiary alicyclic amines) is 1. The van der Waals surface area contributed by atoms with Crippen LogP contribution < -0.4 is 0 Å². The highest BCUT2D eigenvalue weighted by Crippen LogP contribution is 2.19. The van der Waals surface area contributed by atoms with Gasteiger partial charge < -0.3 is 9.42 Å². The largest absolute Gasteiger partial charge is 0.361 e. The molecule has 2 heterocycles. The van der Waals surface area contributed by atoms with Crippen molar-refractivity contribution in [3.8, 4) is 0 Å². The topological polar surface area (TPSA) is 80.5 Å². The summed E-state index contributed by atoms with van der Waals surface area (Å²) in [6.45, 7) is 3.81. The second kappa shape index (κ2) is 4.14. The van der Waals surface area contributed by atoms with Crippen LogP contribution in [-0.4, -0.2) is 48.5 Å². The number of aromatic nitrogens is 1. The highest BCUT2D eigenvalue weighted by Gasteiger charge is 2.39. The van der Waals surface area contributed by atoms with Gasteiger partial charge in [0.2, 0.25) is 0 Å². The normalized spacial score (nSPS) is 16.9. The van der Waals surface area contributed by atoms with Crippen molar-refractivity contribution in [2.45, 2.75) is 19.1 Å². The average molecular weight is 258 g/mol.